The Morgan fingerprint density at radius 1 is 0.939 bits per heavy atom. The van der Waals surface area contributed by atoms with Crippen LogP contribution in [-0.2, 0) is 13.1 Å². The molecule has 5 heteroatoms. The lowest BCUT2D eigenvalue weighted by Crippen LogP contribution is -2.54. The first kappa shape index (κ1) is 21.0. The van der Waals surface area contributed by atoms with Gasteiger partial charge in [0.1, 0.15) is 17.2 Å². The van der Waals surface area contributed by atoms with Crippen LogP contribution >= 0.6 is 0 Å². The van der Waals surface area contributed by atoms with Crippen LogP contribution in [0, 0.1) is 29.0 Å². The number of hydrogen-bond donors (Lipinski definition) is 1. The summed E-state index contributed by atoms with van der Waals surface area (Å²) in [5, 5.41) is 13.5. The molecule has 33 heavy (non-hydrogen) atoms. The molecular formula is C28H33FN4. The van der Waals surface area contributed by atoms with Crippen molar-refractivity contribution >= 4 is 0 Å². The minimum absolute atomic E-state index is 0.217. The zero-order valence-corrected chi connectivity index (χ0v) is 19.4. The van der Waals surface area contributed by atoms with Gasteiger partial charge in [0.05, 0.1) is 6.54 Å². The Hall–Kier alpha value is -2.53. The summed E-state index contributed by atoms with van der Waals surface area (Å²) < 4.78 is 14.2. The molecule has 1 atom stereocenters. The number of nitrogens with zero attached hydrogens (tertiary/aromatic N) is 3. The van der Waals surface area contributed by atoms with Crippen LogP contribution in [0.3, 0.4) is 0 Å². The highest BCUT2D eigenvalue weighted by Crippen LogP contribution is 2.61. The van der Waals surface area contributed by atoms with Gasteiger partial charge in [0.15, 0.2) is 0 Å². The lowest BCUT2D eigenvalue weighted by Gasteiger charge is -2.59. The molecule has 0 spiro atoms. The first-order chi connectivity index (χ1) is 16.1. The molecule has 4 bridgehead atoms. The molecule has 1 heterocycles. The minimum atomic E-state index is -0.217. The Kier molecular flexibility index (Phi) is 5.33. The van der Waals surface area contributed by atoms with E-state index in [1.54, 1.807) is 16.9 Å². The monoisotopic (exact) mass is 444 g/mol. The van der Waals surface area contributed by atoms with Gasteiger partial charge < -0.3 is 5.32 Å². The molecule has 0 amide bonds. The summed E-state index contributed by atoms with van der Waals surface area (Å²) in [7, 11) is 0. The highest BCUT2D eigenvalue weighted by molar-refractivity contribution is 5.60. The van der Waals surface area contributed by atoms with Gasteiger partial charge >= 0.3 is 0 Å². The normalized spacial score (nSPS) is 28.8. The van der Waals surface area contributed by atoms with Gasteiger partial charge in [-0.05, 0) is 74.7 Å². The van der Waals surface area contributed by atoms with E-state index in [2.05, 4.69) is 24.4 Å². The number of halogens is 1. The molecule has 2 aromatic carbocycles. The van der Waals surface area contributed by atoms with E-state index in [1.165, 1.54) is 44.6 Å². The van der Waals surface area contributed by atoms with Crippen molar-refractivity contribution in [2.24, 2.45) is 23.2 Å². The van der Waals surface area contributed by atoms with Crippen LogP contribution in [0.25, 0.3) is 11.3 Å². The molecule has 0 aliphatic heterocycles. The van der Waals surface area contributed by atoms with E-state index in [1.807, 2.05) is 24.3 Å². The second-order valence-electron chi connectivity index (χ2n) is 10.9. The predicted octanol–water partition coefficient (Wildman–Crippen LogP) is 5.83. The number of nitrogens with one attached hydrogen (secondary N) is 1. The van der Waals surface area contributed by atoms with Crippen molar-refractivity contribution in [3.8, 4) is 11.3 Å². The highest BCUT2D eigenvalue weighted by atomic mass is 19.1. The lowest BCUT2D eigenvalue weighted by molar-refractivity contribution is -0.0707. The fraction of sp³-hybridized carbons (Fsp3) is 0.500. The summed E-state index contributed by atoms with van der Waals surface area (Å²) in [6, 6.07) is 17.5. The molecule has 1 aromatic heterocycles. The molecule has 4 saturated carbocycles. The first-order valence-electron chi connectivity index (χ1n) is 12.5. The Morgan fingerprint density at radius 3 is 2.24 bits per heavy atom. The van der Waals surface area contributed by atoms with Crippen molar-refractivity contribution in [1.82, 2.24) is 20.3 Å². The van der Waals surface area contributed by atoms with Crippen LogP contribution in [0.2, 0.25) is 0 Å². The summed E-state index contributed by atoms with van der Waals surface area (Å²) in [5.74, 6) is 2.62. The Labute approximate surface area is 195 Å². The summed E-state index contributed by atoms with van der Waals surface area (Å²) in [6.45, 7) is 3.40. The van der Waals surface area contributed by atoms with E-state index in [-0.39, 0.29) is 5.82 Å². The van der Waals surface area contributed by atoms with Crippen molar-refractivity contribution in [1.29, 1.82) is 0 Å². The summed E-state index contributed by atoms with van der Waals surface area (Å²) in [4.78, 5) is 1.65. The zero-order valence-electron chi connectivity index (χ0n) is 19.4. The average molecular weight is 445 g/mol. The molecule has 4 fully saturated rings. The van der Waals surface area contributed by atoms with Crippen LogP contribution in [0.15, 0.2) is 54.6 Å². The first-order valence-corrected chi connectivity index (χ1v) is 12.5. The number of hydrogen-bond acceptors (Lipinski definition) is 3. The van der Waals surface area contributed by atoms with Crippen molar-refractivity contribution in [2.45, 2.75) is 64.6 Å². The maximum atomic E-state index is 14.2. The molecule has 4 aliphatic rings. The molecule has 3 aromatic rings. The van der Waals surface area contributed by atoms with E-state index < -0.39 is 0 Å². The Balaban J connectivity index is 1.24. The van der Waals surface area contributed by atoms with Gasteiger partial charge in [-0.25, -0.2) is 4.39 Å². The SMILES string of the molecule is C[C@H](NCc1nn(Cc2ccccc2F)nc1-c1ccccc1)C12CC3CC(CC(C3)C1)C2. The second-order valence-corrected chi connectivity index (χ2v) is 10.9. The van der Waals surface area contributed by atoms with Crippen molar-refractivity contribution in [2.75, 3.05) is 0 Å². The molecule has 7 rings (SSSR count). The van der Waals surface area contributed by atoms with Crippen molar-refractivity contribution in [3.05, 3.63) is 71.7 Å². The van der Waals surface area contributed by atoms with Gasteiger partial charge in [-0.1, -0.05) is 48.5 Å². The maximum Gasteiger partial charge on any atom is 0.128 e. The van der Waals surface area contributed by atoms with Gasteiger partial charge in [0.25, 0.3) is 0 Å². The van der Waals surface area contributed by atoms with Crippen LogP contribution in [0.4, 0.5) is 4.39 Å². The standard InChI is InChI=1S/C28H33FN4/c1-19(28-14-20-11-21(15-28)13-22(12-20)16-28)30-17-26-27(23-7-3-2-4-8-23)32-33(31-26)18-24-9-5-6-10-25(24)29/h2-10,19-22,30H,11-18H2,1H3/t19-,20?,21?,22?,28?/m0/s1. The van der Waals surface area contributed by atoms with Gasteiger partial charge in [-0.15, -0.1) is 0 Å². The Bertz CT molecular complexity index is 1090. The summed E-state index contributed by atoms with van der Waals surface area (Å²) >= 11 is 0. The molecule has 172 valence electrons. The highest BCUT2D eigenvalue weighted by Gasteiger charge is 2.52. The third-order valence-corrected chi connectivity index (χ3v) is 8.62. The third-order valence-electron chi connectivity index (χ3n) is 8.62. The van der Waals surface area contributed by atoms with Crippen LogP contribution in [-0.4, -0.2) is 21.0 Å². The van der Waals surface area contributed by atoms with E-state index in [9.17, 15) is 4.39 Å². The topological polar surface area (TPSA) is 42.7 Å². The van der Waals surface area contributed by atoms with E-state index in [4.69, 9.17) is 10.2 Å². The van der Waals surface area contributed by atoms with Crippen LogP contribution < -0.4 is 5.32 Å². The van der Waals surface area contributed by atoms with Gasteiger partial charge in [0.2, 0.25) is 0 Å². The van der Waals surface area contributed by atoms with Crippen LogP contribution in [0.5, 0.6) is 0 Å². The molecule has 0 saturated heterocycles. The molecule has 4 aliphatic carbocycles. The Morgan fingerprint density at radius 2 is 1.58 bits per heavy atom. The smallest absolute Gasteiger partial charge is 0.128 e. The number of aromatic nitrogens is 3. The van der Waals surface area contributed by atoms with Gasteiger partial charge in [0, 0.05) is 23.7 Å². The largest absolute Gasteiger partial charge is 0.308 e. The van der Waals surface area contributed by atoms with Gasteiger partial charge in [-0.2, -0.15) is 15.0 Å². The zero-order chi connectivity index (χ0) is 22.4. The predicted molar refractivity (Wildman–Crippen MR) is 128 cm³/mol. The number of benzene rings is 2. The molecule has 0 radical (unpaired) electrons. The molecule has 0 unspecified atom stereocenters. The van der Waals surface area contributed by atoms with Crippen molar-refractivity contribution < 1.29 is 4.39 Å². The second kappa shape index (κ2) is 8.35. The summed E-state index contributed by atoms with van der Waals surface area (Å²) in [6.07, 6.45) is 8.56. The molecule has 1 N–H and O–H groups in total. The fourth-order valence-corrected chi connectivity index (χ4v) is 7.35. The lowest BCUT2D eigenvalue weighted by atomic mass is 9.48. The van der Waals surface area contributed by atoms with Crippen molar-refractivity contribution in [3.63, 3.8) is 0 Å². The van der Waals surface area contributed by atoms with E-state index >= 15 is 0 Å². The molecular weight excluding hydrogens is 411 g/mol. The van der Waals surface area contributed by atoms with E-state index in [0.29, 0.717) is 30.1 Å². The third kappa shape index (κ3) is 4.01. The van der Waals surface area contributed by atoms with Gasteiger partial charge in [-0.3, -0.25) is 0 Å². The maximum absolute atomic E-state index is 14.2. The fourth-order valence-electron chi connectivity index (χ4n) is 7.35. The summed E-state index contributed by atoms with van der Waals surface area (Å²) in [5.41, 5.74) is 3.93. The quantitative estimate of drug-likeness (QED) is 0.499. The van der Waals surface area contributed by atoms with E-state index in [0.717, 1.165) is 34.7 Å². The van der Waals surface area contributed by atoms with Crippen LogP contribution in [0.1, 0.15) is 56.7 Å². The minimum Gasteiger partial charge on any atom is -0.308 e. The number of rotatable bonds is 7. The average Bonchev–Trinajstić information content (AvgIpc) is 3.21. The molecule has 4 nitrogen and oxygen atoms in total.